The van der Waals surface area contributed by atoms with Crippen LogP contribution in [0.2, 0.25) is 0 Å². The Morgan fingerprint density at radius 2 is 1.48 bits per heavy atom. The summed E-state index contributed by atoms with van der Waals surface area (Å²) in [6, 6.07) is 24.3. The van der Waals surface area contributed by atoms with Gasteiger partial charge in [0.25, 0.3) is 0 Å². The first-order chi connectivity index (χ1) is 13.2. The van der Waals surface area contributed by atoms with E-state index < -0.39 is 0 Å². The van der Waals surface area contributed by atoms with Crippen molar-refractivity contribution >= 4 is 6.08 Å². The van der Waals surface area contributed by atoms with E-state index in [4.69, 9.17) is 0 Å². The van der Waals surface area contributed by atoms with Gasteiger partial charge in [0, 0.05) is 6.42 Å². The second kappa shape index (κ2) is 7.56. The number of fused-ring (bicyclic) bond motifs is 1. The van der Waals surface area contributed by atoms with Crippen LogP contribution in [0.25, 0.3) is 28.3 Å². The molecule has 0 fully saturated rings. The van der Waals surface area contributed by atoms with Crippen LogP contribution in [0.15, 0.2) is 72.3 Å². The maximum atomic E-state index is 2.41. The lowest BCUT2D eigenvalue weighted by molar-refractivity contribution is 0.789. The Morgan fingerprint density at radius 1 is 0.778 bits per heavy atom. The number of rotatable bonds is 5. The van der Waals surface area contributed by atoms with Crippen molar-refractivity contribution in [1.29, 1.82) is 0 Å². The highest BCUT2D eigenvalue weighted by Gasteiger charge is 2.22. The molecule has 3 aromatic rings. The Kier molecular flexibility index (Phi) is 4.99. The lowest BCUT2D eigenvalue weighted by atomic mass is 9.86. The third-order valence-electron chi connectivity index (χ3n) is 5.47. The van der Waals surface area contributed by atoms with Gasteiger partial charge in [-0.25, -0.2) is 0 Å². The minimum Gasteiger partial charge on any atom is -0.0651 e. The summed E-state index contributed by atoms with van der Waals surface area (Å²) in [6.07, 6.45) is 7.04. The van der Waals surface area contributed by atoms with Gasteiger partial charge < -0.3 is 0 Å². The van der Waals surface area contributed by atoms with Crippen LogP contribution < -0.4 is 0 Å². The van der Waals surface area contributed by atoms with Crippen LogP contribution >= 0.6 is 0 Å². The maximum Gasteiger partial charge on any atom is 0.0167 e. The molecule has 1 aliphatic rings. The van der Waals surface area contributed by atoms with Crippen molar-refractivity contribution in [2.24, 2.45) is 5.92 Å². The lowest BCUT2D eigenvalue weighted by Gasteiger charge is -2.18. The van der Waals surface area contributed by atoms with Gasteiger partial charge in [0.1, 0.15) is 0 Å². The topological polar surface area (TPSA) is 0 Å². The molecule has 0 aromatic heterocycles. The minimum atomic E-state index is 0.546. The zero-order valence-corrected chi connectivity index (χ0v) is 16.5. The van der Waals surface area contributed by atoms with E-state index in [1.807, 2.05) is 0 Å². The summed E-state index contributed by atoms with van der Waals surface area (Å²) in [5, 5.41) is 0. The summed E-state index contributed by atoms with van der Waals surface area (Å²) in [7, 11) is 0. The zero-order chi connectivity index (χ0) is 18.8. The van der Waals surface area contributed by atoms with E-state index in [1.54, 1.807) is 0 Å². The van der Waals surface area contributed by atoms with Gasteiger partial charge in [-0.15, -0.1) is 0 Å². The molecular weight excluding hydrogens is 324 g/mol. The number of benzene rings is 3. The predicted molar refractivity (Wildman–Crippen MR) is 118 cm³/mol. The Bertz CT molecular complexity index is 974. The van der Waals surface area contributed by atoms with Crippen LogP contribution in [0.5, 0.6) is 0 Å². The van der Waals surface area contributed by atoms with E-state index >= 15 is 0 Å². The van der Waals surface area contributed by atoms with Gasteiger partial charge in [-0.3, -0.25) is 0 Å². The highest BCUT2D eigenvalue weighted by molar-refractivity contribution is 5.92. The second-order valence-corrected chi connectivity index (χ2v) is 7.71. The number of hydrogen-bond acceptors (Lipinski definition) is 0. The molecule has 3 aromatic carbocycles. The smallest absolute Gasteiger partial charge is 0.0167 e. The third kappa shape index (κ3) is 3.37. The largest absolute Gasteiger partial charge is 0.0651 e. The first kappa shape index (κ1) is 17.8. The van der Waals surface area contributed by atoms with E-state index in [9.17, 15) is 0 Å². The molecule has 135 valence electrons. The van der Waals surface area contributed by atoms with Gasteiger partial charge in [0.05, 0.1) is 0 Å². The molecule has 0 N–H and O–H groups in total. The average molecular weight is 352 g/mol. The molecule has 0 heterocycles. The average Bonchev–Trinajstić information content (AvgIpc) is 3.14. The molecule has 0 saturated carbocycles. The van der Waals surface area contributed by atoms with Crippen molar-refractivity contribution in [3.63, 3.8) is 0 Å². The molecule has 0 saturated heterocycles. The summed E-state index contributed by atoms with van der Waals surface area (Å²) < 4.78 is 0. The number of aryl methyl sites for hydroxylation is 1. The summed E-state index contributed by atoms with van der Waals surface area (Å²) in [5.74, 6) is 0.546. The van der Waals surface area contributed by atoms with Crippen molar-refractivity contribution < 1.29 is 0 Å². The van der Waals surface area contributed by atoms with Gasteiger partial charge in [-0.1, -0.05) is 106 Å². The fourth-order valence-corrected chi connectivity index (χ4v) is 4.05. The highest BCUT2D eigenvalue weighted by Crippen LogP contribution is 2.43. The summed E-state index contributed by atoms with van der Waals surface area (Å²) >= 11 is 0. The fourth-order valence-electron chi connectivity index (χ4n) is 4.05. The van der Waals surface area contributed by atoms with Crippen LogP contribution in [0.1, 0.15) is 43.9 Å². The molecule has 27 heavy (non-hydrogen) atoms. The molecule has 0 bridgehead atoms. The van der Waals surface area contributed by atoms with Crippen LogP contribution in [0.3, 0.4) is 0 Å². The molecular formula is C27H27. The second-order valence-electron chi connectivity index (χ2n) is 7.71. The van der Waals surface area contributed by atoms with E-state index in [0.717, 1.165) is 12.8 Å². The van der Waals surface area contributed by atoms with Gasteiger partial charge in [0.2, 0.25) is 0 Å². The van der Waals surface area contributed by atoms with E-state index in [-0.39, 0.29) is 0 Å². The van der Waals surface area contributed by atoms with E-state index in [1.165, 1.54) is 44.5 Å². The van der Waals surface area contributed by atoms with Crippen LogP contribution in [-0.2, 0) is 6.42 Å². The molecule has 0 aliphatic heterocycles. The van der Waals surface area contributed by atoms with E-state index in [2.05, 4.69) is 100.0 Å². The third-order valence-corrected chi connectivity index (χ3v) is 5.47. The number of hydrogen-bond donors (Lipinski definition) is 0. The normalized spacial score (nSPS) is 13.0. The maximum absolute atomic E-state index is 2.41. The van der Waals surface area contributed by atoms with Gasteiger partial charge in [0.15, 0.2) is 0 Å². The quantitative estimate of drug-likeness (QED) is 0.444. The number of allylic oxidation sites excluding steroid dienone is 1. The van der Waals surface area contributed by atoms with Gasteiger partial charge >= 0.3 is 0 Å². The Labute approximate surface area is 163 Å². The lowest BCUT2D eigenvalue weighted by Crippen LogP contribution is -1.97. The predicted octanol–water partition coefficient (Wildman–Crippen LogP) is 7.58. The van der Waals surface area contributed by atoms with Crippen LogP contribution in [0.4, 0.5) is 0 Å². The van der Waals surface area contributed by atoms with Crippen LogP contribution in [0, 0.1) is 12.3 Å². The minimum absolute atomic E-state index is 0.546. The molecule has 0 nitrogen and oxygen atoms in total. The van der Waals surface area contributed by atoms with Crippen LogP contribution in [-0.4, -0.2) is 0 Å². The zero-order valence-electron chi connectivity index (χ0n) is 16.5. The van der Waals surface area contributed by atoms with Gasteiger partial charge in [-0.05, 0) is 51.3 Å². The van der Waals surface area contributed by atoms with E-state index in [0.29, 0.717) is 5.92 Å². The Balaban J connectivity index is 1.97. The molecule has 0 atom stereocenters. The van der Waals surface area contributed by atoms with Crippen molar-refractivity contribution in [3.8, 4) is 22.3 Å². The standard InChI is InChI=1S/C27H27/c1-4-10-21-15-16-22-17-23(19(2)3)18-26(22)27(21)25-14-9-8-13-24(25)20-11-6-5-7-12-20/h5-9,11-19H,4,10H2,1-3H3. The monoisotopic (exact) mass is 351 g/mol. The molecule has 1 aliphatic carbocycles. The summed E-state index contributed by atoms with van der Waals surface area (Å²) in [5.41, 5.74) is 11.0. The summed E-state index contributed by atoms with van der Waals surface area (Å²) in [6.45, 7) is 6.82. The molecule has 1 radical (unpaired) electrons. The van der Waals surface area contributed by atoms with Gasteiger partial charge in [-0.2, -0.15) is 0 Å². The molecule has 4 rings (SSSR count). The molecule has 0 unspecified atom stereocenters. The van der Waals surface area contributed by atoms with Crippen molar-refractivity contribution in [2.45, 2.75) is 33.6 Å². The fraction of sp³-hybridized carbons (Fsp3) is 0.222. The molecule has 0 heteroatoms. The van der Waals surface area contributed by atoms with Crippen molar-refractivity contribution in [2.75, 3.05) is 0 Å². The highest BCUT2D eigenvalue weighted by atomic mass is 14.3. The van der Waals surface area contributed by atoms with Crippen molar-refractivity contribution in [3.05, 3.63) is 95.4 Å². The SMILES string of the molecule is CCCc1ccc2c(c1-c1ccccc1-c1ccccc1)C=C(C(C)C)[CH]2. The Morgan fingerprint density at radius 3 is 2.19 bits per heavy atom. The van der Waals surface area contributed by atoms with Crippen molar-refractivity contribution in [1.82, 2.24) is 0 Å². The molecule has 0 amide bonds. The Hall–Kier alpha value is -2.60. The summed E-state index contributed by atoms with van der Waals surface area (Å²) in [4.78, 5) is 0. The first-order valence-corrected chi connectivity index (χ1v) is 10.1. The first-order valence-electron chi connectivity index (χ1n) is 10.1. The molecule has 0 spiro atoms.